The summed E-state index contributed by atoms with van der Waals surface area (Å²) < 4.78 is 5.23. The first kappa shape index (κ1) is 18.5. The van der Waals surface area contributed by atoms with Crippen LogP contribution in [-0.2, 0) is 4.74 Å². The van der Waals surface area contributed by atoms with E-state index in [0.717, 1.165) is 24.0 Å². The van der Waals surface area contributed by atoms with Crippen molar-refractivity contribution in [3.63, 3.8) is 0 Å². The van der Waals surface area contributed by atoms with Crippen LogP contribution < -0.4 is 10.6 Å². The number of rotatable bonds is 6. The van der Waals surface area contributed by atoms with Crippen molar-refractivity contribution in [2.75, 3.05) is 17.2 Å². The van der Waals surface area contributed by atoms with Crippen LogP contribution in [-0.4, -0.2) is 18.6 Å². The molecular weight excluding hydrogens is 316 g/mol. The summed E-state index contributed by atoms with van der Waals surface area (Å²) in [4.78, 5) is 24.4. The second kappa shape index (κ2) is 8.87. The van der Waals surface area contributed by atoms with Crippen molar-refractivity contribution in [1.82, 2.24) is 0 Å². The summed E-state index contributed by atoms with van der Waals surface area (Å²) in [5, 5.41) is 5.49. The largest absolute Gasteiger partial charge is 0.462 e. The molecule has 132 valence electrons. The minimum atomic E-state index is -0.435. The van der Waals surface area contributed by atoms with Gasteiger partial charge in [-0.3, -0.25) is 0 Å². The number of amides is 2. The molecule has 5 nitrogen and oxygen atoms in total. The van der Waals surface area contributed by atoms with Gasteiger partial charge in [0.2, 0.25) is 0 Å². The first-order valence-corrected chi connectivity index (χ1v) is 8.42. The Labute approximate surface area is 148 Å². The number of ether oxygens (including phenoxy) is 1. The first-order chi connectivity index (χ1) is 12.0. The van der Waals surface area contributed by atoms with Crippen LogP contribution in [0.25, 0.3) is 0 Å². The Balaban J connectivity index is 2.05. The summed E-state index contributed by atoms with van der Waals surface area (Å²) in [5.41, 5.74) is 3.71. The fourth-order valence-corrected chi connectivity index (χ4v) is 2.26. The van der Waals surface area contributed by atoms with Gasteiger partial charge in [-0.1, -0.05) is 31.5 Å². The SMILES string of the molecule is CCCCOC(=O)c1ccccc1NC(=O)Nc1ccc(C)c(C)c1. The average molecular weight is 340 g/mol. The van der Waals surface area contributed by atoms with Crippen LogP contribution in [0.2, 0.25) is 0 Å². The minimum Gasteiger partial charge on any atom is -0.462 e. The Hall–Kier alpha value is -2.82. The molecule has 0 bridgehead atoms. The molecule has 0 atom stereocenters. The van der Waals surface area contributed by atoms with Crippen molar-refractivity contribution in [1.29, 1.82) is 0 Å². The molecule has 0 aliphatic heterocycles. The van der Waals surface area contributed by atoms with Crippen LogP contribution >= 0.6 is 0 Å². The van der Waals surface area contributed by atoms with E-state index in [1.165, 1.54) is 0 Å². The molecule has 0 heterocycles. The number of carbonyl (C=O) groups excluding carboxylic acids is 2. The third-order valence-electron chi connectivity index (χ3n) is 3.89. The highest BCUT2D eigenvalue weighted by molar-refractivity contribution is 6.05. The summed E-state index contributed by atoms with van der Waals surface area (Å²) in [6.45, 7) is 6.40. The maximum absolute atomic E-state index is 12.2. The minimum absolute atomic E-state index is 0.342. The summed E-state index contributed by atoms with van der Waals surface area (Å²) in [6, 6.07) is 12.1. The number of hydrogen-bond donors (Lipinski definition) is 2. The van der Waals surface area contributed by atoms with Crippen LogP contribution in [0.3, 0.4) is 0 Å². The number of urea groups is 1. The lowest BCUT2D eigenvalue weighted by Crippen LogP contribution is -2.21. The van der Waals surface area contributed by atoms with E-state index in [2.05, 4.69) is 10.6 Å². The second-order valence-corrected chi connectivity index (χ2v) is 5.91. The van der Waals surface area contributed by atoms with Crippen molar-refractivity contribution in [3.8, 4) is 0 Å². The molecule has 0 aliphatic carbocycles. The van der Waals surface area contributed by atoms with Crippen LogP contribution in [0.4, 0.5) is 16.2 Å². The number of carbonyl (C=O) groups is 2. The standard InChI is InChI=1S/C20H24N2O3/c1-4-5-12-25-19(23)17-8-6-7-9-18(17)22-20(24)21-16-11-10-14(2)15(3)13-16/h6-11,13H,4-5,12H2,1-3H3,(H2,21,22,24). The zero-order valence-corrected chi connectivity index (χ0v) is 14.9. The van der Waals surface area contributed by atoms with Crippen molar-refractivity contribution in [2.45, 2.75) is 33.6 Å². The highest BCUT2D eigenvalue weighted by Gasteiger charge is 2.14. The fraction of sp³-hybridized carbons (Fsp3) is 0.300. The summed E-state index contributed by atoms with van der Waals surface area (Å²) in [6.07, 6.45) is 1.76. The van der Waals surface area contributed by atoms with Gasteiger partial charge in [-0.05, 0) is 55.7 Å². The monoisotopic (exact) mass is 340 g/mol. The molecule has 2 aromatic rings. The van der Waals surface area contributed by atoms with Crippen molar-refractivity contribution >= 4 is 23.4 Å². The number of unbranched alkanes of at least 4 members (excludes halogenated alkanes) is 1. The van der Waals surface area contributed by atoms with Crippen LogP contribution in [0.15, 0.2) is 42.5 Å². The van der Waals surface area contributed by atoms with Gasteiger partial charge in [0.1, 0.15) is 0 Å². The van der Waals surface area contributed by atoms with Gasteiger partial charge < -0.3 is 15.4 Å². The van der Waals surface area contributed by atoms with Crippen molar-refractivity contribution in [3.05, 3.63) is 59.2 Å². The zero-order valence-electron chi connectivity index (χ0n) is 14.9. The van der Waals surface area contributed by atoms with E-state index in [1.807, 2.05) is 39.0 Å². The number of benzene rings is 2. The van der Waals surface area contributed by atoms with E-state index >= 15 is 0 Å². The first-order valence-electron chi connectivity index (χ1n) is 8.42. The Morgan fingerprint density at radius 1 is 1.00 bits per heavy atom. The number of nitrogens with one attached hydrogen (secondary N) is 2. The Bertz CT molecular complexity index is 756. The lowest BCUT2D eigenvalue weighted by molar-refractivity contribution is 0.0501. The molecule has 0 saturated heterocycles. The predicted molar refractivity (Wildman–Crippen MR) is 100 cm³/mol. The molecule has 2 rings (SSSR count). The van der Waals surface area contributed by atoms with Crippen molar-refractivity contribution in [2.24, 2.45) is 0 Å². The van der Waals surface area contributed by atoms with Gasteiger partial charge in [0, 0.05) is 5.69 Å². The number of para-hydroxylation sites is 1. The topological polar surface area (TPSA) is 67.4 Å². The zero-order chi connectivity index (χ0) is 18.2. The van der Waals surface area contributed by atoms with E-state index in [9.17, 15) is 9.59 Å². The predicted octanol–water partition coefficient (Wildman–Crippen LogP) is 4.90. The summed E-state index contributed by atoms with van der Waals surface area (Å²) >= 11 is 0. The molecule has 0 saturated carbocycles. The molecule has 0 unspecified atom stereocenters. The molecule has 0 radical (unpaired) electrons. The Morgan fingerprint density at radius 2 is 1.76 bits per heavy atom. The van der Waals surface area contributed by atoms with E-state index in [0.29, 0.717) is 23.5 Å². The van der Waals surface area contributed by atoms with Crippen LogP contribution in [0.1, 0.15) is 41.3 Å². The maximum atomic E-state index is 12.2. The maximum Gasteiger partial charge on any atom is 0.340 e. The van der Waals surface area contributed by atoms with Gasteiger partial charge in [0.05, 0.1) is 17.9 Å². The van der Waals surface area contributed by atoms with Gasteiger partial charge in [0.25, 0.3) is 0 Å². The Morgan fingerprint density at radius 3 is 2.48 bits per heavy atom. The lowest BCUT2D eigenvalue weighted by atomic mass is 10.1. The smallest absolute Gasteiger partial charge is 0.340 e. The molecule has 0 aromatic heterocycles. The van der Waals surface area contributed by atoms with Gasteiger partial charge in [-0.2, -0.15) is 0 Å². The van der Waals surface area contributed by atoms with Gasteiger partial charge in [-0.25, -0.2) is 9.59 Å². The summed E-state index contributed by atoms with van der Waals surface area (Å²) in [5.74, 6) is -0.435. The lowest BCUT2D eigenvalue weighted by Gasteiger charge is -2.12. The molecular formula is C20H24N2O3. The number of aryl methyl sites for hydroxylation is 2. The van der Waals surface area contributed by atoms with E-state index in [1.54, 1.807) is 24.3 Å². The third kappa shape index (κ3) is 5.35. The number of anilines is 2. The van der Waals surface area contributed by atoms with Gasteiger partial charge >= 0.3 is 12.0 Å². The molecule has 0 aliphatic rings. The second-order valence-electron chi connectivity index (χ2n) is 5.91. The third-order valence-corrected chi connectivity index (χ3v) is 3.89. The fourth-order valence-electron chi connectivity index (χ4n) is 2.26. The summed E-state index contributed by atoms with van der Waals surface area (Å²) in [7, 11) is 0. The number of hydrogen-bond acceptors (Lipinski definition) is 3. The van der Waals surface area contributed by atoms with E-state index < -0.39 is 12.0 Å². The molecule has 0 spiro atoms. The van der Waals surface area contributed by atoms with Crippen LogP contribution in [0.5, 0.6) is 0 Å². The molecule has 2 aromatic carbocycles. The molecule has 25 heavy (non-hydrogen) atoms. The molecule has 0 fully saturated rings. The average Bonchev–Trinajstić information content (AvgIpc) is 2.58. The van der Waals surface area contributed by atoms with Gasteiger partial charge in [0.15, 0.2) is 0 Å². The normalized spacial score (nSPS) is 10.2. The van der Waals surface area contributed by atoms with Crippen molar-refractivity contribution < 1.29 is 14.3 Å². The molecule has 2 N–H and O–H groups in total. The van der Waals surface area contributed by atoms with Gasteiger partial charge in [-0.15, -0.1) is 0 Å². The number of esters is 1. The highest BCUT2D eigenvalue weighted by Crippen LogP contribution is 2.18. The Kier molecular flexibility index (Phi) is 6.57. The molecule has 5 heteroatoms. The van der Waals surface area contributed by atoms with E-state index in [-0.39, 0.29) is 0 Å². The molecule has 2 amide bonds. The quantitative estimate of drug-likeness (QED) is 0.580. The van der Waals surface area contributed by atoms with Crippen LogP contribution in [0, 0.1) is 13.8 Å². The van der Waals surface area contributed by atoms with E-state index in [4.69, 9.17) is 4.74 Å². The highest BCUT2D eigenvalue weighted by atomic mass is 16.5.